The maximum absolute atomic E-state index is 12.9. The maximum atomic E-state index is 12.9. The van der Waals surface area contributed by atoms with Crippen LogP contribution in [-0.2, 0) is 21.9 Å². The third kappa shape index (κ3) is 3.57. The van der Waals surface area contributed by atoms with E-state index in [-0.39, 0.29) is 24.0 Å². The number of ether oxygens (including phenoxy) is 2. The van der Waals surface area contributed by atoms with Crippen molar-refractivity contribution in [1.82, 2.24) is 19.0 Å². The molecule has 1 unspecified atom stereocenters. The monoisotopic (exact) mass is 406 g/mol. The second-order valence-corrected chi connectivity index (χ2v) is 8.73. The van der Waals surface area contributed by atoms with Crippen molar-refractivity contribution in [1.29, 1.82) is 0 Å². The molecule has 1 aromatic heterocycles. The standard InChI is InChI=1S/C18H22N4O5S/c1-20-12-14(11-19-20)28(24,25)22-8-4-7-21(9-10-22)18(23)17-13-26-15-5-2-3-6-16(15)27-17/h2-3,5-6,11-12,17H,4,7-10,13H2,1H3. The van der Waals surface area contributed by atoms with Gasteiger partial charge in [-0.05, 0) is 18.6 Å². The third-order valence-corrected chi connectivity index (χ3v) is 6.72. The van der Waals surface area contributed by atoms with Crippen LogP contribution >= 0.6 is 0 Å². The molecule has 1 amide bonds. The van der Waals surface area contributed by atoms with Crippen LogP contribution in [0.3, 0.4) is 0 Å². The Kier molecular flexibility index (Phi) is 4.98. The molecule has 0 bridgehead atoms. The molecule has 0 radical (unpaired) electrons. The van der Waals surface area contributed by atoms with Gasteiger partial charge in [0.15, 0.2) is 11.5 Å². The summed E-state index contributed by atoms with van der Waals surface area (Å²) in [6.45, 7) is 1.50. The second-order valence-electron chi connectivity index (χ2n) is 6.80. The number of benzene rings is 1. The van der Waals surface area contributed by atoms with Gasteiger partial charge < -0.3 is 14.4 Å². The average Bonchev–Trinajstić information content (AvgIpc) is 2.99. The molecule has 0 spiro atoms. The van der Waals surface area contributed by atoms with Crippen molar-refractivity contribution < 1.29 is 22.7 Å². The van der Waals surface area contributed by atoms with E-state index in [4.69, 9.17) is 9.47 Å². The number of aryl methyl sites for hydroxylation is 1. The minimum absolute atomic E-state index is 0.143. The molecule has 2 aliphatic heterocycles. The molecule has 1 fully saturated rings. The first kappa shape index (κ1) is 18.8. The Morgan fingerprint density at radius 3 is 2.68 bits per heavy atom. The van der Waals surface area contributed by atoms with Crippen LogP contribution < -0.4 is 9.47 Å². The van der Waals surface area contributed by atoms with E-state index in [1.807, 2.05) is 12.1 Å². The van der Waals surface area contributed by atoms with Gasteiger partial charge in [0.25, 0.3) is 5.91 Å². The van der Waals surface area contributed by atoms with Crippen molar-refractivity contribution in [2.75, 3.05) is 32.8 Å². The first-order valence-electron chi connectivity index (χ1n) is 9.11. The average molecular weight is 406 g/mol. The number of aromatic nitrogens is 2. The van der Waals surface area contributed by atoms with E-state index >= 15 is 0 Å². The van der Waals surface area contributed by atoms with Crippen molar-refractivity contribution >= 4 is 15.9 Å². The molecular formula is C18H22N4O5S. The first-order chi connectivity index (χ1) is 13.4. The van der Waals surface area contributed by atoms with Gasteiger partial charge in [0.1, 0.15) is 11.5 Å². The van der Waals surface area contributed by atoms with Crippen molar-refractivity contribution in [3.8, 4) is 11.5 Å². The fourth-order valence-corrected chi connectivity index (χ4v) is 4.84. The van der Waals surface area contributed by atoms with Crippen molar-refractivity contribution in [2.24, 2.45) is 7.05 Å². The second kappa shape index (κ2) is 7.44. The molecule has 2 aromatic rings. The Morgan fingerprint density at radius 2 is 1.93 bits per heavy atom. The number of rotatable bonds is 3. The zero-order chi connectivity index (χ0) is 19.7. The highest BCUT2D eigenvalue weighted by Gasteiger charge is 2.34. The number of nitrogens with zero attached hydrogens (tertiary/aromatic N) is 4. The molecular weight excluding hydrogens is 384 g/mol. The largest absolute Gasteiger partial charge is 0.485 e. The molecule has 2 aliphatic rings. The highest BCUT2D eigenvalue weighted by Crippen LogP contribution is 2.31. The molecule has 0 aliphatic carbocycles. The summed E-state index contributed by atoms with van der Waals surface area (Å²) in [5, 5.41) is 3.94. The van der Waals surface area contributed by atoms with Crippen LogP contribution in [0.15, 0.2) is 41.6 Å². The zero-order valence-corrected chi connectivity index (χ0v) is 16.3. The molecule has 4 rings (SSSR count). The molecule has 1 saturated heterocycles. The van der Waals surface area contributed by atoms with Crippen LogP contribution in [0.2, 0.25) is 0 Å². The van der Waals surface area contributed by atoms with E-state index in [1.165, 1.54) is 21.4 Å². The topological polar surface area (TPSA) is 94.0 Å². The number of carbonyl (C=O) groups is 1. The van der Waals surface area contributed by atoms with Crippen LogP contribution in [-0.4, -0.2) is 72.2 Å². The third-order valence-electron chi connectivity index (χ3n) is 4.87. The molecule has 9 nitrogen and oxygen atoms in total. The van der Waals surface area contributed by atoms with Crippen molar-refractivity contribution in [2.45, 2.75) is 17.4 Å². The van der Waals surface area contributed by atoms with Gasteiger partial charge in [-0.25, -0.2) is 8.42 Å². The fourth-order valence-electron chi connectivity index (χ4n) is 3.38. The number of carbonyl (C=O) groups excluding carboxylic acids is 1. The van der Waals surface area contributed by atoms with E-state index in [0.717, 1.165) is 0 Å². The Labute approximate surface area is 163 Å². The lowest BCUT2D eigenvalue weighted by Gasteiger charge is -2.30. The Hall–Kier alpha value is -2.59. The molecule has 0 N–H and O–H groups in total. The summed E-state index contributed by atoms with van der Waals surface area (Å²) in [5.41, 5.74) is 0. The highest BCUT2D eigenvalue weighted by molar-refractivity contribution is 7.89. The number of amides is 1. The smallest absolute Gasteiger partial charge is 0.267 e. The number of sulfonamides is 1. The summed E-state index contributed by atoms with van der Waals surface area (Å²) in [7, 11) is -1.95. The number of para-hydroxylation sites is 2. The summed E-state index contributed by atoms with van der Waals surface area (Å²) in [6, 6.07) is 7.22. The van der Waals surface area contributed by atoms with Gasteiger partial charge in [-0.15, -0.1) is 0 Å². The Balaban J connectivity index is 1.42. The predicted octanol–water partition coefficient (Wildman–Crippen LogP) is 0.483. The molecule has 1 aromatic carbocycles. The lowest BCUT2D eigenvalue weighted by molar-refractivity contribution is -0.141. The van der Waals surface area contributed by atoms with Crippen LogP contribution in [0.4, 0.5) is 0 Å². The predicted molar refractivity (Wildman–Crippen MR) is 99.5 cm³/mol. The first-order valence-corrected chi connectivity index (χ1v) is 10.6. The molecule has 3 heterocycles. The van der Waals surface area contributed by atoms with Crippen molar-refractivity contribution in [3.05, 3.63) is 36.7 Å². The van der Waals surface area contributed by atoms with Gasteiger partial charge in [0, 0.05) is 39.4 Å². The quantitative estimate of drug-likeness (QED) is 0.736. The minimum Gasteiger partial charge on any atom is -0.485 e. The Bertz CT molecular complexity index is 974. The molecule has 0 saturated carbocycles. The van der Waals surface area contributed by atoms with Gasteiger partial charge >= 0.3 is 0 Å². The van der Waals surface area contributed by atoms with Crippen LogP contribution in [0, 0.1) is 0 Å². The van der Waals surface area contributed by atoms with E-state index in [0.29, 0.717) is 37.6 Å². The normalized spacial score (nSPS) is 20.6. The summed E-state index contributed by atoms with van der Waals surface area (Å²) < 4.78 is 39.9. The number of hydrogen-bond donors (Lipinski definition) is 0. The molecule has 150 valence electrons. The van der Waals surface area contributed by atoms with E-state index in [9.17, 15) is 13.2 Å². The fraction of sp³-hybridized carbons (Fsp3) is 0.444. The maximum Gasteiger partial charge on any atom is 0.267 e. The van der Waals surface area contributed by atoms with Crippen molar-refractivity contribution in [3.63, 3.8) is 0 Å². The lowest BCUT2D eigenvalue weighted by Crippen LogP contribution is -2.47. The highest BCUT2D eigenvalue weighted by atomic mass is 32.2. The van der Waals surface area contributed by atoms with Gasteiger partial charge in [-0.3, -0.25) is 9.48 Å². The summed E-state index contributed by atoms with van der Waals surface area (Å²) in [4.78, 5) is 14.7. The number of hydrogen-bond acceptors (Lipinski definition) is 6. The number of fused-ring (bicyclic) bond motifs is 1. The Morgan fingerprint density at radius 1 is 1.14 bits per heavy atom. The molecule has 28 heavy (non-hydrogen) atoms. The minimum atomic E-state index is -3.62. The molecule has 1 atom stereocenters. The van der Waals surface area contributed by atoms with Crippen LogP contribution in [0.1, 0.15) is 6.42 Å². The van der Waals surface area contributed by atoms with Gasteiger partial charge in [-0.1, -0.05) is 12.1 Å². The lowest BCUT2D eigenvalue weighted by atomic mass is 10.2. The SMILES string of the molecule is Cn1cc(S(=O)(=O)N2CCCN(C(=O)C3COc4ccccc4O3)CC2)cn1. The van der Waals surface area contributed by atoms with E-state index in [2.05, 4.69) is 5.10 Å². The summed E-state index contributed by atoms with van der Waals surface area (Å²) in [6.07, 6.45) is 2.65. The van der Waals surface area contributed by atoms with Gasteiger partial charge in [0.2, 0.25) is 16.1 Å². The summed E-state index contributed by atoms with van der Waals surface area (Å²) in [5.74, 6) is 0.981. The summed E-state index contributed by atoms with van der Waals surface area (Å²) >= 11 is 0. The van der Waals surface area contributed by atoms with Crippen LogP contribution in [0.25, 0.3) is 0 Å². The van der Waals surface area contributed by atoms with Crippen LogP contribution in [0.5, 0.6) is 11.5 Å². The van der Waals surface area contributed by atoms with E-state index < -0.39 is 16.1 Å². The zero-order valence-electron chi connectivity index (χ0n) is 15.5. The van der Waals surface area contributed by atoms with Gasteiger partial charge in [-0.2, -0.15) is 9.40 Å². The molecule has 10 heteroatoms. The van der Waals surface area contributed by atoms with Gasteiger partial charge in [0.05, 0.1) is 6.20 Å². The van der Waals surface area contributed by atoms with E-state index in [1.54, 1.807) is 24.1 Å².